The van der Waals surface area contributed by atoms with Gasteiger partial charge >= 0.3 is 0 Å². The molecule has 1 aliphatic rings. The van der Waals surface area contributed by atoms with E-state index >= 15 is 0 Å². The fourth-order valence-corrected chi connectivity index (χ4v) is 4.98. The smallest absolute Gasteiger partial charge is 0.246 e. The van der Waals surface area contributed by atoms with Gasteiger partial charge in [-0.2, -0.15) is 4.31 Å². The van der Waals surface area contributed by atoms with Crippen molar-refractivity contribution in [2.45, 2.75) is 11.8 Å². The highest BCUT2D eigenvalue weighted by atomic mass is 32.2. The van der Waals surface area contributed by atoms with Gasteiger partial charge in [-0.15, -0.1) is 0 Å². The average molecular weight is 493 g/mol. The predicted molar refractivity (Wildman–Crippen MR) is 127 cm³/mol. The van der Waals surface area contributed by atoms with Gasteiger partial charge in [0, 0.05) is 31.4 Å². The Kier molecular flexibility index (Phi) is 8.31. The molecule has 3 N–H and O–H groups in total. The Morgan fingerprint density at radius 2 is 1.59 bits per heavy atom. The molecule has 2 amide bonds. The van der Waals surface area contributed by atoms with Crippen LogP contribution < -0.4 is 25.4 Å². The number of rotatable bonds is 9. The fourth-order valence-electron chi connectivity index (χ4n) is 3.39. The highest BCUT2D eigenvalue weighted by Gasteiger charge is 2.29. The molecular weight excluding hydrogens is 464 g/mol. The third-order valence-corrected chi connectivity index (χ3v) is 6.91. The molecule has 0 atom stereocenters. The maximum atomic E-state index is 13.1. The molecule has 1 aliphatic heterocycles. The Labute approximate surface area is 198 Å². The van der Waals surface area contributed by atoms with Crippen LogP contribution in [0.25, 0.3) is 0 Å². The summed E-state index contributed by atoms with van der Waals surface area (Å²) in [6.07, 6.45) is 0. The van der Waals surface area contributed by atoms with Gasteiger partial charge < -0.3 is 30.2 Å². The average Bonchev–Trinajstić information content (AvgIpc) is 2.83. The van der Waals surface area contributed by atoms with E-state index in [0.29, 0.717) is 36.0 Å². The molecule has 1 saturated heterocycles. The molecule has 34 heavy (non-hydrogen) atoms. The molecule has 0 bridgehead atoms. The van der Waals surface area contributed by atoms with E-state index in [1.54, 1.807) is 24.3 Å². The van der Waals surface area contributed by atoms with Crippen LogP contribution in [0.2, 0.25) is 0 Å². The molecule has 2 aromatic carbocycles. The van der Waals surface area contributed by atoms with E-state index in [0.717, 1.165) is 0 Å². The molecule has 0 saturated carbocycles. The Bertz CT molecular complexity index is 1150. The van der Waals surface area contributed by atoms with E-state index in [1.165, 1.54) is 37.6 Å². The molecule has 184 valence electrons. The number of nitrogens with one attached hydrogen (secondary N) is 3. The van der Waals surface area contributed by atoms with Crippen molar-refractivity contribution in [2.24, 2.45) is 0 Å². The van der Waals surface area contributed by atoms with Gasteiger partial charge in [0.2, 0.25) is 21.8 Å². The lowest BCUT2D eigenvalue weighted by Gasteiger charge is -2.26. The van der Waals surface area contributed by atoms with Gasteiger partial charge in [0.25, 0.3) is 0 Å². The van der Waals surface area contributed by atoms with Crippen LogP contribution in [0.4, 0.5) is 17.1 Å². The minimum absolute atomic E-state index is 0.0349. The van der Waals surface area contributed by atoms with Crippen LogP contribution in [0, 0.1) is 0 Å². The lowest BCUT2D eigenvalue weighted by Crippen LogP contribution is -2.40. The summed E-state index contributed by atoms with van der Waals surface area (Å²) in [4.78, 5) is 23.8. The number of benzene rings is 2. The van der Waals surface area contributed by atoms with Crippen molar-refractivity contribution < 1.29 is 32.2 Å². The highest BCUT2D eigenvalue weighted by molar-refractivity contribution is 7.89. The van der Waals surface area contributed by atoms with Gasteiger partial charge in [-0.05, 0) is 36.4 Å². The van der Waals surface area contributed by atoms with Crippen molar-refractivity contribution in [2.75, 3.05) is 63.0 Å². The second-order valence-corrected chi connectivity index (χ2v) is 9.29. The molecule has 11 nitrogen and oxygen atoms in total. The Balaban J connectivity index is 1.73. The normalized spacial score (nSPS) is 14.2. The molecule has 0 radical (unpaired) electrons. The molecule has 3 rings (SSSR count). The van der Waals surface area contributed by atoms with Crippen LogP contribution >= 0.6 is 0 Å². The minimum atomic E-state index is -3.83. The monoisotopic (exact) mass is 492 g/mol. The summed E-state index contributed by atoms with van der Waals surface area (Å²) in [7, 11) is -0.952. The molecule has 0 aliphatic carbocycles. The summed E-state index contributed by atoms with van der Waals surface area (Å²) < 4.78 is 43.3. The molecule has 0 unspecified atom stereocenters. The van der Waals surface area contributed by atoms with E-state index in [1.807, 2.05) is 0 Å². The zero-order chi connectivity index (χ0) is 24.7. The Hall–Kier alpha value is -3.35. The van der Waals surface area contributed by atoms with Crippen LogP contribution in [0.1, 0.15) is 6.92 Å². The van der Waals surface area contributed by atoms with E-state index in [-0.39, 0.29) is 36.2 Å². The largest absolute Gasteiger partial charge is 0.495 e. The maximum absolute atomic E-state index is 13.1. The third kappa shape index (κ3) is 6.16. The first-order valence-electron chi connectivity index (χ1n) is 10.5. The van der Waals surface area contributed by atoms with Gasteiger partial charge in [0.15, 0.2) is 0 Å². The first kappa shape index (κ1) is 25.3. The molecule has 2 aromatic rings. The second-order valence-electron chi connectivity index (χ2n) is 7.38. The van der Waals surface area contributed by atoms with E-state index in [2.05, 4.69) is 16.0 Å². The molecular formula is C22H28N4O7S. The summed E-state index contributed by atoms with van der Waals surface area (Å²) in [6, 6.07) is 9.42. The maximum Gasteiger partial charge on any atom is 0.246 e. The van der Waals surface area contributed by atoms with Crippen molar-refractivity contribution in [3.8, 4) is 11.5 Å². The first-order chi connectivity index (χ1) is 16.2. The van der Waals surface area contributed by atoms with Gasteiger partial charge in [-0.25, -0.2) is 8.42 Å². The molecule has 1 fully saturated rings. The number of nitrogens with zero attached hydrogens (tertiary/aromatic N) is 1. The van der Waals surface area contributed by atoms with Crippen LogP contribution in [-0.2, 0) is 24.3 Å². The third-order valence-electron chi connectivity index (χ3n) is 4.99. The molecule has 0 aromatic heterocycles. The number of sulfonamides is 1. The van der Waals surface area contributed by atoms with Crippen molar-refractivity contribution in [3.05, 3.63) is 36.4 Å². The number of anilines is 3. The van der Waals surface area contributed by atoms with Gasteiger partial charge in [-0.3, -0.25) is 9.59 Å². The van der Waals surface area contributed by atoms with Crippen molar-refractivity contribution in [3.63, 3.8) is 0 Å². The number of amides is 2. The summed E-state index contributed by atoms with van der Waals surface area (Å²) >= 11 is 0. The zero-order valence-electron chi connectivity index (χ0n) is 19.2. The van der Waals surface area contributed by atoms with Gasteiger partial charge in [0.1, 0.15) is 16.4 Å². The topological polar surface area (TPSA) is 135 Å². The summed E-state index contributed by atoms with van der Waals surface area (Å²) in [6.45, 7) is 2.38. The number of hydrogen-bond acceptors (Lipinski definition) is 8. The summed E-state index contributed by atoms with van der Waals surface area (Å²) in [5.74, 6) is 0.0375. The number of ether oxygens (including phenoxy) is 3. The molecule has 0 spiro atoms. The van der Waals surface area contributed by atoms with Gasteiger partial charge in [0.05, 0.1) is 39.7 Å². The predicted octanol–water partition coefficient (Wildman–Crippen LogP) is 1.73. The molecule has 1 heterocycles. The lowest BCUT2D eigenvalue weighted by atomic mass is 10.2. The van der Waals surface area contributed by atoms with Crippen LogP contribution in [-0.4, -0.2) is 71.6 Å². The van der Waals surface area contributed by atoms with Gasteiger partial charge in [-0.1, -0.05) is 0 Å². The number of morpholine rings is 1. The summed E-state index contributed by atoms with van der Waals surface area (Å²) in [5.41, 5.74) is 1.36. The Morgan fingerprint density at radius 3 is 2.21 bits per heavy atom. The summed E-state index contributed by atoms with van der Waals surface area (Å²) in [5, 5.41) is 8.32. The van der Waals surface area contributed by atoms with E-state index < -0.39 is 15.9 Å². The van der Waals surface area contributed by atoms with Crippen LogP contribution in [0.15, 0.2) is 41.3 Å². The first-order valence-corrected chi connectivity index (χ1v) is 11.9. The van der Waals surface area contributed by atoms with E-state index in [4.69, 9.17) is 14.2 Å². The fraction of sp³-hybridized carbons (Fsp3) is 0.364. The second kappa shape index (κ2) is 11.2. The number of methoxy groups -OCH3 is 2. The SMILES string of the molecule is COc1ccc(NC(C)=O)cc1NCC(=O)Nc1ccc(OC)c(S(=O)(=O)N2CCOCC2)c1. The Morgan fingerprint density at radius 1 is 0.971 bits per heavy atom. The van der Waals surface area contributed by atoms with Crippen molar-refractivity contribution in [1.29, 1.82) is 0 Å². The van der Waals surface area contributed by atoms with Crippen molar-refractivity contribution >= 4 is 38.9 Å². The lowest BCUT2D eigenvalue weighted by molar-refractivity contribution is -0.115. The van der Waals surface area contributed by atoms with Crippen molar-refractivity contribution in [1.82, 2.24) is 4.31 Å². The number of carbonyl (C=O) groups excluding carboxylic acids is 2. The number of hydrogen-bond donors (Lipinski definition) is 3. The van der Waals surface area contributed by atoms with Crippen LogP contribution in [0.5, 0.6) is 11.5 Å². The minimum Gasteiger partial charge on any atom is -0.495 e. The van der Waals surface area contributed by atoms with Crippen LogP contribution in [0.3, 0.4) is 0 Å². The highest BCUT2D eigenvalue weighted by Crippen LogP contribution is 2.31. The zero-order valence-corrected chi connectivity index (χ0v) is 20.0. The number of carbonyl (C=O) groups is 2. The van der Waals surface area contributed by atoms with E-state index in [9.17, 15) is 18.0 Å². The standard InChI is InChI=1S/C22H28N4O7S/c1-15(27)24-16-4-6-19(31-2)18(12-16)23-14-22(28)25-17-5-7-20(32-3)21(13-17)34(29,30)26-8-10-33-11-9-26/h4-7,12-13,23H,8-11,14H2,1-3H3,(H,24,27)(H,25,28). The quantitative estimate of drug-likeness (QED) is 0.482. The molecule has 12 heteroatoms.